The van der Waals surface area contributed by atoms with Crippen LogP contribution in [0.15, 0.2) is 18.3 Å². The molecule has 0 radical (unpaired) electrons. The van der Waals surface area contributed by atoms with Crippen molar-refractivity contribution < 1.29 is 28.2 Å². The van der Waals surface area contributed by atoms with Crippen molar-refractivity contribution in [3.8, 4) is 11.3 Å². The highest BCUT2D eigenvalue weighted by atomic mass is 35.5. The minimum absolute atomic E-state index is 0.0114. The molecule has 2 N–H and O–H groups in total. The van der Waals surface area contributed by atoms with E-state index in [2.05, 4.69) is 20.3 Å². The van der Waals surface area contributed by atoms with Gasteiger partial charge >= 0.3 is 6.09 Å². The van der Waals surface area contributed by atoms with Gasteiger partial charge in [-0.2, -0.15) is 0 Å². The standard InChI is InChI=1S/C25H29ClF2N6O4/c1-13(2)34-18-9-14(20-15(26)10-29-23(32-20)30-17-4-7-38-11-19(17)35)8-16(27)21(18)31-22(34)25(28)5-6-33(12-25)24(36)37-3/h8-10,13,17,19,35H,4-7,11-12H2,1-3H3,(H,29,30,32)/t17-,19-,25-/m1/s1. The Hall–Kier alpha value is -3.09. The number of nitrogens with zero attached hydrogens (tertiary/aromatic N) is 5. The third-order valence-corrected chi connectivity index (χ3v) is 7.25. The highest BCUT2D eigenvalue weighted by Crippen LogP contribution is 2.40. The lowest BCUT2D eigenvalue weighted by Crippen LogP contribution is -2.42. The molecule has 4 heterocycles. The second-order valence-corrected chi connectivity index (χ2v) is 10.3. The lowest BCUT2D eigenvalue weighted by molar-refractivity contribution is -0.0136. The van der Waals surface area contributed by atoms with Gasteiger partial charge in [-0.1, -0.05) is 11.6 Å². The van der Waals surface area contributed by atoms with E-state index in [4.69, 9.17) is 21.1 Å². The second-order valence-electron chi connectivity index (χ2n) is 9.90. The number of benzene rings is 1. The molecule has 1 amide bonds. The van der Waals surface area contributed by atoms with Crippen molar-refractivity contribution in [2.75, 3.05) is 38.7 Å². The summed E-state index contributed by atoms with van der Waals surface area (Å²) in [4.78, 5) is 26.3. The van der Waals surface area contributed by atoms with Gasteiger partial charge in [0.25, 0.3) is 0 Å². The van der Waals surface area contributed by atoms with Gasteiger partial charge in [-0.15, -0.1) is 0 Å². The van der Waals surface area contributed by atoms with Gasteiger partial charge in [-0.25, -0.2) is 28.5 Å². The molecule has 3 aromatic rings. The van der Waals surface area contributed by atoms with Gasteiger partial charge in [-0.05, 0) is 32.4 Å². The minimum Gasteiger partial charge on any atom is -0.453 e. The molecule has 0 saturated carbocycles. The number of carbonyl (C=O) groups is 1. The maximum atomic E-state index is 16.2. The highest BCUT2D eigenvalue weighted by molar-refractivity contribution is 6.33. The number of aliphatic hydroxyl groups is 1. The molecule has 0 unspecified atom stereocenters. The van der Waals surface area contributed by atoms with Crippen molar-refractivity contribution in [1.82, 2.24) is 24.4 Å². The number of fused-ring (bicyclic) bond motifs is 1. The molecule has 204 valence electrons. The van der Waals surface area contributed by atoms with Gasteiger partial charge in [0, 0.05) is 31.2 Å². The zero-order valence-corrected chi connectivity index (χ0v) is 22.0. The van der Waals surface area contributed by atoms with Crippen LogP contribution in [0.4, 0.5) is 19.5 Å². The van der Waals surface area contributed by atoms with Gasteiger partial charge < -0.3 is 29.4 Å². The fraction of sp³-hybridized carbons (Fsp3) is 0.520. The molecule has 38 heavy (non-hydrogen) atoms. The number of halogens is 3. The van der Waals surface area contributed by atoms with E-state index < -0.39 is 23.7 Å². The van der Waals surface area contributed by atoms with Crippen LogP contribution in [-0.2, 0) is 15.1 Å². The van der Waals surface area contributed by atoms with E-state index in [-0.39, 0.29) is 66.2 Å². The number of anilines is 1. The summed E-state index contributed by atoms with van der Waals surface area (Å²) >= 11 is 6.42. The van der Waals surface area contributed by atoms with Crippen LogP contribution >= 0.6 is 11.6 Å². The maximum Gasteiger partial charge on any atom is 0.409 e. The SMILES string of the molecule is COC(=O)N1CC[C@](F)(c2nc3c(F)cc(-c4nc(N[C@@H]5CCOC[C@H]5O)ncc4Cl)cc3n2C(C)C)C1. The van der Waals surface area contributed by atoms with E-state index in [9.17, 15) is 9.90 Å². The molecule has 0 aliphatic carbocycles. The number of aromatic nitrogens is 4. The van der Waals surface area contributed by atoms with E-state index in [1.54, 1.807) is 10.6 Å². The Morgan fingerprint density at radius 3 is 2.87 bits per heavy atom. The molecular weight excluding hydrogens is 522 g/mol. The molecular formula is C25H29ClF2N6O4. The summed E-state index contributed by atoms with van der Waals surface area (Å²) in [7, 11) is 1.24. The summed E-state index contributed by atoms with van der Waals surface area (Å²) < 4.78 is 43.4. The third-order valence-electron chi connectivity index (χ3n) is 6.98. The number of hydrogen-bond donors (Lipinski definition) is 2. The van der Waals surface area contributed by atoms with Crippen LogP contribution in [0.1, 0.15) is 38.6 Å². The Labute approximate surface area is 222 Å². The number of likely N-dealkylation sites (tertiary alicyclic amines) is 1. The number of ether oxygens (including phenoxy) is 2. The van der Waals surface area contributed by atoms with Crippen molar-refractivity contribution in [2.24, 2.45) is 0 Å². The van der Waals surface area contributed by atoms with E-state index in [0.717, 1.165) is 0 Å². The molecule has 2 aliphatic rings. The first-order valence-corrected chi connectivity index (χ1v) is 12.8. The average molecular weight is 551 g/mol. The van der Waals surface area contributed by atoms with Gasteiger partial charge in [0.05, 0.1) is 54.8 Å². The quantitative estimate of drug-likeness (QED) is 0.489. The molecule has 2 aliphatic heterocycles. The van der Waals surface area contributed by atoms with Crippen LogP contribution in [-0.4, -0.2) is 81.2 Å². The lowest BCUT2D eigenvalue weighted by atomic mass is 10.0. The van der Waals surface area contributed by atoms with Gasteiger partial charge in [0.2, 0.25) is 5.95 Å². The van der Waals surface area contributed by atoms with Crippen LogP contribution in [0.2, 0.25) is 5.02 Å². The van der Waals surface area contributed by atoms with E-state index >= 15 is 8.78 Å². The molecule has 0 spiro atoms. The molecule has 2 saturated heterocycles. The summed E-state index contributed by atoms with van der Waals surface area (Å²) in [5.41, 5.74) is -0.945. The zero-order valence-electron chi connectivity index (χ0n) is 21.2. The van der Waals surface area contributed by atoms with Crippen molar-refractivity contribution >= 4 is 34.7 Å². The molecule has 0 bridgehead atoms. The summed E-state index contributed by atoms with van der Waals surface area (Å²) in [6.07, 6.45) is 0.635. The summed E-state index contributed by atoms with van der Waals surface area (Å²) in [5, 5.41) is 13.5. The minimum atomic E-state index is -1.97. The number of nitrogens with one attached hydrogen (secondary N) is 1. The number of methoxy groups -OCH3 is 1. The molecule has 3 atom stereocenters. The van der Waals surface area contributed by atoms with Crippen molar-refractivity contribution in [1.29, 1.82) is 0 Å². The Balaban J connectivity index is 1.56. The summed E-state index contributed by atoms with van der Waals surface area (Å²) in [6, 6.07) is 2.36. The number of hydrogen-bond acceptors (Lipinski definition) is 8. The number of carbonyl (C=O) groups excluding carboxylic acids is 1. The van der Waals surface area contributed by atoms with Crippen molar-refractivity contribution in [3.63, 3.8) is 0 Å². The average Bonchev–Trinajstić information content (AvgIpc) is 3.49. The van der Waals surface area contributed by atoms with Crippen LogP contribution in [0, 0.1) is 5.82 Å². The highest BCUT2D eigenvalue weighted by Gasteiger charge is 2.46. The first kappa shape index (κ1) is 26.5. The van der Waals surface area contributed by atoms with Crippen LogP contribution in [0.25, 0.3) is 22.3 Å². The molecule has 2 aromatic heterocycles. The predicted molar refractivity (Wildman–Crippen MR) is 136 cm³/mol. The number of amides is 1. The first-order chi connectivity index (χ1) is 18.1. The van der Waals surface area contributed by atoms with Crippen LogP contribution < -0.4 is 5.32 Å². The molecule has 10 nitrogen and oxygen atoms in total. The molecule has 2 fully saturated rings. The normalized spacial score (nSPS) is 23.8. The van der Waals surface area contributed by atoms with Gasteiger partial charge in [-0.3, -0.25) is 0 Å². The number of alkyl halides is 1. The van der Waals surface area contributed by atoms with Crippen molar-refractivity contribution in [3.05, 3.63) is 35.0 Å². The summed E-state index contributed by atoms with van der Waals surface area (Å²) in [5.74, 6) is -0.381. The van der Waals surface area contributed by atoms with Crippen LogP contribution in [0.5, 0.6) is 0 Å². The predicted octanol–water partition coefficient (Wildman–Crippen LogP) is 4.07. The van der Waals surface area contributed by atoms with Crippen molar-refractivity contribution in [2.45, 2.75) is 50.5 Å². The van der Waals surface area contributed by atoms with Gasteiger partial charge in [0.1, 0.15) is 11.3 Å². The first-order valence-electron chi connectivity index (χ1n) is 12.4. The smallest absolute Gasteiger partial charge is 0.409 e. The van der Waals surface area contributed by atoms with Gasteiger partial charge in [0.15, 0.2) is 11.5 Å². The fourth-order valence-electron chi connectivity index (χ4n) is 5.06. The Kier molecular flexibility index (Phi) is 7.14. The van der Waals surface area contributed by atoms with E-state index in [1.807, 2.05) is 13.8 Å². The Morgan fingerprint density at radius 2 is 2.16 bits per heavy atom. The number of aliphatic hydroxyl groups excluding tert-OH is 1. The Bertz CT molecular complexity index is 1370. The molecule has 5 rings (SSSR count). The van der Waals surface area contributed by atoms with E-state index in [0.29, 0.717) is 24.1 Å². The fourth-order valence-corrected chi connectivity index (χ4v) is 5.26. The largest absolute Gasteiger partial charge is 0.453 e. The molecule has 1 aromatic carbocycles. The topological polar surface area (TPSA) is 115 Å². The number of rotatable bonds is 5. The lowest BCUT2D eigenvalue weighted by Gasteiger charge is -2.28. The number of imidazole rings is 1. The van der Waals surface area contributed by atoms with E-state index in [1.165, 1.54) is 24.3 Å². The van der Waals surface area contributed by atoms with Crippen LogP contribution in [0.3, 0.4) is 0 Å². The third kappa shape index (κ3) is 4.76. The summed E-state index contributed by atoms with van der Waals surface area (Å²) in [6.45, 7) is 4.32. The second kappa shape index (κ2) is 10.2. The molecule has 13 heteroatoms. The maximum absolute atomic E-state index is 16.2. The zero-order chi connectivity index (χ0) is 27.2. The Morgan fingerprint density at radius 1 is 1.37 bits per heavy atom. The monoisotopic (exact) mass is 550 g/mol.